The zero-order valence-electron chi connectivity index (χ0n) is 13.3. The lowest BCUT2D eigenvalue weighted by atomic mass is 10.1. The molecule has 0 bridgehead atoms. The number of para-hydroxylation sites is 1. The first kappa shape index (κ1) is 18.1. The van der Waals surface area contributed by atoms with Crippen molar-refractivity contribution >= 4 is 24.0 Å². The Labute approximate surface area is 147 Å². The topological polar surface area (TPSA) is 64.8 Å². The minimum absolute atomic E-state index is 0. The third-order valence-corrected chi connectivity index (χ3v) is 3.74. The lowest BCUT2D eigenvalue weighted by Crippen LogP contribution is -2.30. The first-order valence-electron chi connectivity index (χ1n) is 7.72. The highest BCUT2D eigenvalue weighted by Gasteiger charge is 2.18. The number of nitrogens with zero attached hydrogens (tertiary/aromatic N) is 1. The van der Waals surface area contributed by atoms with Crippen LogP contribution in [0.25, 0.3) is 0 Å². The van der Waals surface area contributed by atoms with Gasteiger partial charge in [0.15, 0.2) is 11.5 Å². The van der Waals surface area contributed by atoms with Crippen LogP contribution in [0.15, 0.2) is 48.5 Å². The quantitative estimate of drug-likeness (QED) is 0.871. The first-order chi connectivity index (χ1) is 11.3. The van der Waals surface area contributed by atoms with Gasteiger partial charge in [-0.3, -0.25) is 4.79 Å². The molecule has 128 valence electrons. The van der Waals surface area contributed by atoms with Crippen LogP contribution in [-0.2, 0) is 11.3 Å². The molecule has 0 saturated heterocycles. The molecule has 0 unspecified atom stereocenters. The van der Waals surface area contributed by atoms with E-state index in [0.717, 1.165) is 22.7 Å². The van der Waals surface area contributed by atoms with Gasteiger partial charge in [-0.2, -0.15) is 0 Å². The SMILES string of the molecule is Cl.NCCCC(=O)N(Cc1ccc2c(c1)OCO2)c1ccccc1. The van der Waals surface area contributed by atoms with Crippen molar-refractivity contribution in [2.24, 2.45) is 5.73 Å². The van der Waals surface area contributed by atoms with Crippen molar-refractivity contribution in [3.05, 3.63) is 54.1 Å². The van der Waals surface area contributed by atoms with Crippen LogP contribution in [0.2, 0.25) is 0 Å². The van der Waals surface area contributed by atoms with Gasteiger partial charge >= 0.3 is 0 Å². The van der Waals surface area contributed by atoms with Crippen LogP contribution in [0.4, 0.5) is 5.69 Å². The van der Waals surface area contributed by atoms with E-state index < -0.39 is 0 Å². The average Bonchev–Trinajstić information content (AvgIpc) is 3.06. The van der Waals surface area contributed by atoms with Gasteiger partial charge in [-0.15, -0.1) is 12.4 Å². The number of carbonyl (C=O) groups is 1. The number of benzene rings is 2. The Morgan fingerprint density at radius 2 is 1.83 bits per heavy atom. The minimum atomic E-state index is 0. The highest BCUT2D eigenvalue weighted by molar-refractivity contribution is 5.93. The molecule has 0 fully saturated rings. The van der Waals surface area contributed by atoms with E-state index in [1.54, 1.807) is 4.90 Å². The number of fused-ring (bicyclic) bond motifs is 1. The summed E-state index contributed by atoms with van der Waals surface area (Å²) in [6, 6.07) is 15.4. The number of halogens is 1. The number of rotatable bonds is 6. The smallest absolute Gasteiger partial charge is 0.231 e. The number of hydrogen-bond donors (Lipinski definition) is 1. The molecular formula is C18H21ClN2O3. The molecule has 2 aromatic rings. The summed E-state index contributed by atoms with van der Waals surface area (Å²) in [6.07, 6.45) is 1.12. The second-order valence-corrected chi connectivity index (χ2v) is 5.40. The lowest BCUT2D eigenvalue weighted by molar-refractivity contribution is -0.118. The number of anilines is 1. The Hall–Kier alpha value is -2.24. The summed E-state index contributed by atoms with van der Waals surface area (Å²) < 4.78 is 10.7. The molecule has 0 radical (unpaired) electrons. The van der Waals surface area contributed by atoms with Gasteiger partial charge in [0.25, 0.3) is 0 Å². The molecule has 2 aromatic carbocycles. The van der Waals surface area contributed by atoms with Crippen molar-refractivity contribution in [2.45, 2.75) is 19.4 Å². The van der Waals surface area contributed by atoms with Gasteiger partial charge in [0.05, 0.1) is 6.54 Å². The van der Waals surface area contributed by atoms with Crippen molar-refractivity contribution in [2.75, 3.05) is 18.2 Å². The van der Waals surface area contributed by atoms with E-state index >= 15 is 0 Å². The van der Waals surface area contributed by atoms with Crippen LogP contribution in [0.1, 0.15) is 18.4 Å². The van der Waals surface area contributed by atoms with Crippen LogP contribution in [0, 0.1) is 0 Å². The number of amides is 1. The normalized spacial score (nSPS) is 11.7. The molecule has 1 amide bonds. The van der Waals surface area contributed by atoms with E-state index in [1.165, 1.54) is 0 Å². The number of nitrogens with two attached hydrogens (primary N) is 1. The Kier molecular flexibility index (Phi) is 6.46. The van der Waals surface area contributed by atoms with Gasteiger partial charge in [0, 0.05) is 12.1 Å². The van der Waals surface area contributed by atoms with E-state index in [-0.39, 0.29) is 25.1 Å². The predicted octanol–water partition coefficient (Wildman–Crippen LogP) is 3.11. The second-order valence-electron chi connectivity index (χ2n) is 5.40. The Bertz CT molecular complexity index is 679. The molecular weight excluding hydrogens is 328 g/mol. The predicted molar refractivity (Wildman–Crippen MR) is 95.7 cm³/mol. The van der Waals surface area contributed by atoms with E-state index in [2.05, 4.69) is 0 Å². The number of hydrogen-bond acceptors (Lipinski definition) is 4. The minimum Gasteiger partial charge on any atom is -0.454 e. The third kappa shape index (κ3) is 4.19. The molecule has 0 saturated carbocycles. The van der Waals surface area contributed by atoms with Crippen LogP contribution >= 0.6 is 12.4 Å². The fourth-order valence-electron chi connectivity index (χ4n) is 2.54. The fraction of sp³-hybridized carbons (Fsp3) is 0.278. The van der Waals surface area contributed by atoms with Crippen LogP contribution in [-0.4, -0.2) is 19.2 Å². The second kappa shape index (κ2) is 8.57. The highest BCUT2D eigenvalue weighted by atomic mass is 35.5. The van der Waals surface area contributed by atoms with E-state index in [9.17, 15) is 4.79 Å². The maximum Gasteiger partial charge on any atom is 0.231 e. The van der Waals surface area contributed by atoms with Crippen molar-refractivity contribution in [3.63, 3.8) is 0 Å². The summed E-state index contributed by atoms with van der Waals surface area (Å²) >= 11 is 0. The molecule has 3 rings (SSSR count). The zero-order valence-corrected chi connectivity index (χ0v) is 14.1. The fourth-order valence-corrected chi connectivity index (χ4v) is 2.54. The molecule has 1 heterocycles. The molecule has 0 spiro atoms. The molecule has 0 aliphatic carbocycles. The van der Waals surface area contributed by atoms with Gasteiger partial charge in [0.1, 0.15) is 0 Å². The first-order valence-corrected chi connectivity index (χ1v) is 7.72. The van der Waals surface area contributed by atoms with Crippen LogP contribution in [0.5, 0.6) is 11.5 Å². The van der Waals surface area contributed by atoms with Gasteiger partial charge in [-0.1, -0.05) is 24.3 Å². The Morgan fingerprint density at radius 1 is 1.08 bits per heavy atom. The molecule has 24 heavy (non-hydrogen) atoms. The molecule has 5 nitrogen and oxygen atoms in total. The van der Waals surface area contributed by atoms with Crippen molar-refractivity contribution in [1.29, 1.82) is 0 Å². The summed E-state index contributed by atoms with van der Waals surface area (Å²) in [5.41, 5.74) is 7.41. The maximum atomic E-state index is 12.6. The largest absolute Gasteiger partial charge is 0.454 e. The summed E-state index contributed by atoms with van der Waals surface area (Å²) in [4.78, 5) is 14.3. The van der Waals surface area contributed by atoms with E-state index in [1.807, 2.05) is 48.5 Å². The molecule has 1 aliphatic heterocycles. The summed E-state index contributed by atoms with van der Waals surface area (Å²) in [6.45, 7) is 1.25. The third-order valence-electron chi connectivity index (χ3n) is 3.74. The Morgan fingerprint density at radius 3 is 2.58 bits per heavy atom. The van der Waals surface area contributed by atoms with Crippen molar-refractivity contribution < 1.29 is 14.3 Å². The van der Waals surface area contributed by atoms with Crippen LogP contribution < -0.4 is 20.1 Å². The average molecular weight is 349 g/mol. The maximum absolute atomic E-state index is 12.6. The van der Waals surface area contributed by atoms with E-state index in [0.29, 0.717) is 25.9 Å². The molecule has 1 aliphatic rings. The van der Waals surface area contributed by atoms with E-state index in [4.69, 9.17) is 15.2 Å². The zero-order chi connectivity index (χ0) is 16.1. The summed E-state index contributed by atoms with van der Waals surface area (Å²) in [5.74, 6) is 1.54. The molecule has 2 N–H and O–H groups in total. The van der Waals surface area contributed by atoms with Gasteiger partial charge in [-0.05, 0) is 42.8 Å². The highest BCUT2D eigenvalue weighted by Crippen LogP contribution is 2.33. The molecule has 6 heteroatoms. The van der Waals surface area contributed by atoms with Gasteiger partial charge in [0.2, 0.25) is 12.7 Å². The monoisotopic (exact) mass is 348 g/mol. The van der Waals surface area contributed by atoms with Gasteiger partial charge < -0.3 is 20.1 Å². The van der Waals surface area contributed by atoms with Crippen molar-refractivity contribution in [3.8, 4) is 11.5 Å². The summed E-state index contributed by atoms with van der Waals surface area (Å²) in [7, 11) is 0. The van der Waals surface area contributed by atoms with Gasteiger partial charge in [-0.25, -0.2) is 0 Å². The lowest BCUT2D eigenvalue weighted by Gasteiger charge is -2.23. The van der Waals surface area contributed by atoms with Crippen molar-refractivity contribution in [1.82, 2.24) is 0 Å². The molecule has 0 atom stereocenters. The standard InChI is InChI=1S/C18H20N2O3.ClH/c19-10-4-7-18(21)20(15-5-2-1-3-6-15)12-14-8-9-16-17(11-14)23-13-22-16;/h1-3,5-6,8-9,11H,4,7,10,12-13,19H2;1H. The van der Waals surface area contributed by atoms with Crippen LogP contribution in [0.3, 0.4) is 0 Å². The number of ether oxygens (including phenoxy) is 2. The summed E-state index contributed by atoms with van der Waals surface area (Å²) in [5, 5.41) is 0. The molecule has 0 aromatic heterocycles. The Balaban J connectivity index is 0.00000208. The number of carbonyl (C=O) groups excluding carboxylic acids is 1.